The molecule has 0 amide bonds. The zero-order chi connectivity index (χ0) is 33.0. The fourth-order valence-corrected chi connectivity index (χ4v) is 7.84. The number of fused-ring (bicyclic) bond motifs is 9. The summed E-state index contributed by atoms with van der Waals surface area (Å²) in [5.41, 5.74) is 14.5. The lowest BCUT2D eigenvalue weighted by Gasteiger charge is -2.23. The molecule has 8 rings (SSSR count). The SMILES string of the molecule is C=NCN(C)C(=NC/C=C\c1ccccc1-c1cc2c(cc1CC)C(C)(C)c1ccccc1-2)c1ccc2c(c1)c1c(c3ccccc32)[CH]1. The van der Waals surface area contributed by atoms with Crippen LogP contribution in [0.15, 0.2) is 119 Å². The molecule has 0 saturated heterocycles. The molecule has 2 aliphatic carbocycles. The first-order chi connectivity index (χ1) is 23.4. The molecule has 0 N–H and O–H groups in total. The molecule has 235 valence electrons. The molecule has 0 atom stereocenters. The number of nitrogens with zero attached hydrogens (tertiary/aromatic N) is 3. The summed E-state index contributed by atoms with van der Waals surface area (Å²) in [5.74, 6) is 0.915. The van der Waals surface area contributed by atoms with Crippen LogP contribution in [-0.2, 0) is 11.8 Å². The van der Waals surface area contributed by atoms with Crippen LogP contribution in [0.2, 0.25) is 0 Å². The zero-order valence-corrected chi connectivity index (χ0v) is 28.2. The molecule has 0 aromatic heterocycles. The van der Waals surface area contributed by atoms with Crippen LogP contribution < -0.4 is 0 Å². The van der Waals surface area contributed by atoms with Gasteiger partial charge in [0.05, 0.1) is 6.54 Å². The topological polar surface area (TPSA) is 28.0 Å². The summed E-state index contributed by atoms with van der Waals surface area (Å²) in [6.45, 7) is 11.8. The normalized spacial score (nSPS) is 14.3. The molecule has 6 aromatic carbocycles. The second kappa shape index (κ2) is 11.8. The molecule has 3 nitrogen and oxygen atoms in total. The van der Waals surface area contributed by atoms with E-state index >= 15 is 0 Å². The summed E-state index contributed by atoms with van der Waals surface area (Å²) >= 11 is 0. The van der Waals surface area contributed by atoms with Crippen LogP contribution >= 0.6 is 0 Å². The van der Waals surface area contributed by atoms with Gasteiger partial charge >= 0.3 is 0 Å². The van der Waals surface area contributed by atoms with Gasteiger partial charge < -0.3 is 4.90 Å². The lowest BCUT2D eigenvalue weighted by Crippen LogP contribution is -2.28. The average molecular weight is 623 g/mol. The van der Waals surface area contributed by atoms with E-state index in [2.05, 4.69) is 159 Å². The van der Waals surface area contributed by atoms with Crippen molar-refractivity contribution < 1.29 is 0 Å². The summed E-state index contributed by atoms with van der Waals surface area (Å²) in [4.78, 5) is 11.4. The smallest absolute Gasteiger partial charge is 0.132 e. The maximum Gasteiger partial charge on any atom is 0.132 e. The molecule has 1 radical (unpaired) electrons. The lowest BCUT2D eigenvalue weighted by atomic mass is 9.80. The van der Waals surface area contributed by atoms with E-state index in [0.717, 1.165) is 17.8 Å². The first kappa shape index (κ1) is 30.1. The molecule has 0 aliphatic heterocycles. The molecule has 0 fully saturated rings. The van der Waals surface area contributed by atoms with E-state index in [1.54, 1.807) is 0 Å². The Labute approximate surface area is 284 Å². The minimum atomic E-state index is -0.00350. The first-order valence-electron chi connectivity index (χ1n) is 17.0. The van der Waals surface area contributed by atoms with Crippen molar-refractivity contribution in [1.29, 1.82) is 0 Å². The largest absolute Gasteiger partial charge is 0.340 e. The predicted octanol–water partition coefficient (Wildman–Crippen LogP) is 10.5. The van der Waals surface area contributed by atoms with Crippen molar-refractivity contribution in [3.63, 3.8) is 0 Å². The van der Waals surface area contributed by atoms with Gasteiger partial charge in [0.15, 0.2) is 0 Å². The van der Waals surface area contributed by atoms with E-state index in [1.807, 2.05) is 7.05 Å². The third kappa shape index (κ3) is 4.88. The Kier molecular flexibility index (Phi) is 7.36. The molecule has 0 unspecified atom stereocenters. The number of rotatable bonds is 8. The molecule has 0 saturated carbocycles. The minimum Gasteiger partial charge on any atom is -0.340 e. The summed E-state index contributed by atoms with van der Waals surface area (Å²) in [6, 6.07) is 38.0. The van der Waals surface area contributed by atoms with Gasteiger partial charge in [0.25, 0.3) is 0 Å². The maximum absolute atomic E-state index is 5.13. The fraction of sp³-hybridized carbons (Fsp3) is 0.178. The number of aryl methyl sites for hydroxylation is 1. The number of aliphatic imine (C=N–C) groups is 2. The second-order valence-corrected chi connectivity index (χ2v) is 13.6. The number of hydrogen-bond acceptors (Lipinski definition) is 2. The van der Waals surface area contributed by atoms with Gasteiger partial charge in [-0.2, -0.15) is 0 Å². The molecule has 48 heavy (non-hydrogen) atoms. The summed E-state index contributed by atoms with van der Waals surface area (Å²) in [7, 11) is 2.04. The van der Waals surface area contributed by atoms with Crippen LogP contribution in [0.5, 0.6) is 0 Å². The van der Waals surface area contributed by atoms with Gasteiger partial charge in [-0.05, 0) is 102 Å². The van der Waals surface area contributed by atoms with Crippen LogP contribution in [0.1, 0.15) is 59.7 Å². The van der Waals surface area contributed by atoms with Gasteiger partial charge in [-0.3, -0.25) is 9.98 Å². The molecule has 3 heteroatoms. The lowest BCUT2D eigenvalue weighted by molar-refractivity contribution is 0.524. The average Bonchev–Trinajstić information content (AvgIpc) is 3.89. The molecule has 0 spiro atoms. The van der Waals surface area contributed by atoms with E-state index in [0.29, 0.717) is 13.2 Å². The highest BCUT2D eigenvalue weighted by Crippen LogP contribution is 2.50. The Bertz CT molecular complexity index is 2320. The van der Waals surface area contributed by atoms with E-state index in [-0.39, 0.29) is 5.41 Å². The van der Waals surface area contributed by atoms with E-state index < -0.39 is 0 Å². The quantitative estimate of drug-likeness (QED) is 0.0941. The Hall–Kier alpha value is -5.28. The number of hydrogen-bond donors (Lipinski definition) is 0. The maximum atomic E-state index is 5.13. The predicted molar refractivity (Wildman–Crippen MR) is 205 cm³/mol. The van der Waals surface area contributed by atoms with Crippen LogP contribution in [0.25, 0.3) is 49.9 Å². The standard InChI is InChI=1S/C45H40N3/c1-6-29-25-43-41(36-19-11-12-20-42(36)45(43,2)3)26-37(29)32-16-8-7-14-30(32)15-13-23-47-44(48(5)28-46-4)31-21-22-35-33-17-9-10-18-34(33)39-27-40(39)38(35)24-31/h7-22,24-27H,4,6,23,28H2,1-3,5H3/b15-13-,47-44?. The molecular formula is C45H40N3. The summed E-state index contributed by atoms with van der Waals surface area (Å²) in [6.07, 6.45) is 7.68. The summed E-state index contributed by atoms with van der Waals surface area (Å²) in [5, 5.41) is 5.20. The van der Waals surface area contributed by atoms with Gasteiger partial charge in [0.1, 0.15) is 12.5 Å². The van der Waals surface area contributed by atoms with Gasteiger partial charge in [0.2, 0.25) is 0 Å². The Morgan fingerprint density at radius 2 is 1.44 bits per heavy atom. The van der Waals surface area contributed by atoms with Gasteiger partial charge in [-0.1, -0.05) is 124 Å². The Morgan fingerprint density at radius 3 is 2.25 bits per heavy atom. The van der Waals surface area contributed by atoms with Crippen molar-refractivity contribution in [3.8, 4) is 22.3 Å². The van der Waals surface area contributed by atoms with Crippen LogP contribution in [0.3, 0.4) is 0 Å². The van der Waals surface area contributed by atoms with Gasteiger partial charge in [-0.25, -0.2) is 0 Å². The fourth-order valence-electron chi connectivity index (χ4n) is 7.84. The zero-order valence-electron chi connectivity index (χ0n) is 28.2. The van der Waals surface area contributed by atoms with Crippen molar-refractivity contribution in [3.05, 3.63) is 155 Å². The monoisotopic (exact) mass is 622 g/mol. The van der Waals surface area contributed by atoms with Crippen LogP contribution in [0.4, 0.5) is 0 Å². The highest BCUT2D eigenvalue weighted by Gasteiger charge is 2.36. The van der Waals surface area contributed by atoms with Crippen LogP contribution in [0, 0.1) is 6.42 Å². The molecule has 0 bridgehead atoms. The number of amidine groups is 1. The molecule has 2 aliphatic rings. The molecular weight excluding hydrogens is 583 g/mol. The highest BCUT2D eigenvalue weighted by atomic mass is 15.2. The van der Waals surface area contributed by atoms with E-state index in [4.69, 9.17) is 4.99 Å². The third-order valence-electron chi connectivity index (χ3n) is 10.3. The van der Waals surface area contributed by atoms with Crippen molar-refractivity contribution in [2.75, 3.05) is 20.3 Å². The van der Waals surface area contributed by atoms with Crippen molar-refractivity contribution >= 4 is 40.2 Å². The van der Waals surface area contributed by atoms with Crippen LogP contribution in [-0.4, -0.2) is 37.7 Å². The van der Waals surface area contributed by atoms with Gasteiger partial charge in [-0.15, -0.1) is 0 Å². The third-order valence-corrected chi connectivity index (χ3v) is 10.3. The van der Waals surface area contributed by atoms with Crippen molar-refractivity contribution in [2.24, 2.45) is 9.98 Å². The van der Waals surface area contributed by atoms with E-state index in [9.17, 15) is 0 Å². The summed E-state index contributed by atoms with van der Waals surface area (Å²) < 4.78 is 0. The molecule has 0 heterocycles. The van der Waals surface area contributed by atoms with Crippen molar-refractivity contribution in [1.82, 2.24) is 4.90 Å². The minimum absolute atomic E-state index is 0.00350. The number of benzene rings is 6. The second-order valence-electron chi connectivity index (χ2n) is 13.6. The van der Waals surface area contributed by atoms with Crippen molar-refractivity contribution in [2.45, 2.75) is 32.6 Å². The Balaban J connectivity index is 1.14. The molecule has 6 aromatic rings. The first-order valence-corrected chi connectivity index (χ1v) is 17.0. The van der Waals surface area contributed by atoms with E-state index in [1.165, 1.54) is 77.2 Å². The van der Waals surface area contributed by atoms with Gasteiger partial charge in [0, 0.05) is 24.4 Å². The highest BCUT2D eigenvalue weighted by molar-refractivity contribution is 6.17. The Morgan fingerprint density at radius 1 is 0.729 bits per heavy atom.